The van der Waals surface area contributed by atoms with E-state index in [-0.39, 0.29) is 21.8 Å². The van der Waals surface area contributed by atoms with Crippen molar-refractivity contribution >= 4 is 33.3 Å². The molecule has 0 aliphatic carbocycles. The molecule has 0 radical (unpaired) electrons. The van der Waals surface area contributed by atoms with Crippen molar-refractivity contribution in [2.75, 3.05) is 5.32 Å². The molecule has 0 unspecified atom stereocenters. The van der Waals surface area contributed by atoms with Crippen LogP contribution < -0.4 is 11.1 Å². The van der Waals surface area contributed by atoms with Crippen molar-refractivity contribution in [3.8, 4) is 0 Å². The van der Waals surface area contributed by atoms with Gasteiger partial charge in [-0.1, -0.05) is 6.07 Å². The number of hydrogen-bond donors (Lipinski definition) is 2. The molecule has 134 valence electrons. The van der Waals surface area contributed by atoms with E-state index in [2.05, 4.69) is 26.2 Å². The van der Waals surface area contributed by atoms with Crippen LogP contribution in [0.5, 0.6) is 0 Å². The fourth-order valence-corrected chi connectivity index (χ4v) is 2.19. The first-order chi connectivity index (χ1) is 11.5. The molecule has 10 heteroatoms. The quantitative estimate of drug-likeness (QED) is 0.376. The van der Waals surface area contributed by atoms with Gasteiger partial charge in [-0.05, 0) is 52.3 Å². The Morgan fingerprint density at radius 1 is 0.920 bits per heavy atom. The molecule has 3 nitrogen and oxygen atoms in total. The largest absolute Gasteiger partial charge is 0.416 e. The molecule has 0 saturated carbocycles. The molecule has 2 rings (SSSR count). The average molecular weight is 426 g/mol. The maximum absolute atomic E-state index is 12.7. The molecule has 0 fully saturated rings. The van der Waals surface area contributed by atoms with Crippen molar-refractivity contribution in [1.29, 1.82) is 0 Å². The standard InChI is InChI=1S/C15H10BrF6N3/c16-11-5-4-9(15(20,21)22)7-12(11)25-13(23)24-10-3-1-2-8(6-10)14(17,18)19/h1-7H,(H3,23,24,25). The first-order valence-corrected chi connectivity index (χ1v) is 7.41. The minimum absolute atomic E-state index is 0.000765. The number of rotatable bonds is 2. The van der Waals surface area contributed by atoms with Crippen LogP contribution in [0.1, 0.15) is 11.1 Å². The van der Waals surface area contributed by atoms with E-state index in [1.807, 2.05) is 0 Å². The van der Waals surface area contributed by atoms with E-state index < -0.39 is 23.5 Å². The Morgan fingerprint density at radius 3 is 2.12 bits per heavy atom. The Hall–Kier alpha value is -2.23. The highest BCUT2D eigenvalue weighted by molar-refractivity contribution is 9.10. The molecule has 0 saturated heterocycles. The van der Waals surface area contributed by atoms with Crippen LogP contribution in [0.4, 0.5) is 37.7 Å². The summed E-state index contributed by atoms with van der Waals surface area (Å²) in [6.45, 7) is 0. The molecule has 0 bridgehead atoms. The number of hydrogen-bond acceptors (Lipinski definition) is 1. The predicted molar refractivity (Wildman–Crippen MR) is 85.5 cm³/mol. The third-order valence-corrected chi connectivity index (χ3v) is 3.65. The number of guanidine groups is 1. The highest BCUT2D eigenvalue weighted by Crippen LogP contribution is 2.35. The van der Waals surface area contributed by atoms with Gasteiger partial charge in [-0.3, -0.25) is 0 Å². The number of nitrogens with zero attached hydrogens (tertiary/aromatic N) is 1. The SMILES string of the molecule is NC(=Nc1cc(C(F)(F)F)ccc1Br)Nc1cccc(C(F)(F)F)c1. The van der Waals surface area contributed by atoms with E-state index in [0.29, 0.717) is 0 Å². The van der Waals surface area contributed by atoms with E-state index in [1.165, 1.54) is 12.1 Å². The smallest absolute Gasteiger partial charge is 0.369 e. The monoisotopic (exact) mass is 425 g/mol. The molecule has 0 aromatic heterocycles. The van der Waals surface area contributed by atoms with E-state index >= 15 is 0 Å². The third-order valence-electron chi connectivity index (χ3n) is 2.98. The minimum Gasteiger partial charge on any atom is -0.369 e. The highest BCUT2D eigenvalue weighted by atomic mass is 79.9. The summed E-state index contributed by atoms with van der Waals surface area (Å²) in [5, 5.41) is 2.41. The second-order valence-corrected chi connectivity index (χ2v) is 5.72. The van der Waals surface area contributed by atoms with Crippen LogP contribution in [0.3, 0.4) is 0 Å². The summed E-state index contributed by atoms with van der Waals surface area (Å²) < 4.78 is 76.4. The van der Waals surface area contributed by atoms with Crippen LogP contribution in [0, 0.1) is 0 Å². The fourth-order valence-electron chi connectivity index (χ4n) is 1.85. The Morgan fingerprint density at radius 2 is 1.52 bits per heavy atom. The summed E-state index contributed by atoms with van der Waals surface area (Å²) in [5.41, 5.74) is 3.63. The van der Waals surface area contributed by atoms with Gasteiger partial charge >= 0.3 is 12.4 Å². The van der Waals surface area contributed by atoms with Crippen LogP contribution in [-0.4, -0.2) is 5.96 Å². The maximum Gasteiger partial charge on any atom is 0.416 e. The average Bonchev–Trinajstić information content (AvgIpc) is 2.47. The van der Waals surface area contributed by atoms with Crippen LogP contribution in [0.2, 0.25) is 0 Å². The van der Waals surface area contributed by atoms with Gasteiger partial charge < -0.3 is 11.1 Å². The summed E-state index contributed by atoms with van der Waals surface area (Å²) >= 11 is 3.04. The minimum atomic E-state index is -4.56. The molecule has 0 amide bonds. The topological polar surface area (TPSA) is 50.4 Å². The lowest BCUT2D eigenvalue weighted by atomic mass is 10.2. The molecule has 25 heavy (non-hydrogen) atoms. The van der Waals surface area contributed by atoms with Gasteiger partial charge in [0.1, 0.15) is 0 Å². The fraction of sp³-hybridized carbons (Fsp3) is 0.133. The zero-order valence-corrected chi connectivity index (χ0v) is 13.8. The van der Waals surface area contributed by atoms with Crippen molar-refractivity contribution in [2.24, 2.45) is 10.7 Å². The normalized spacial score (nSPS) is 13.0. The highest BCUT2D eigenvalue weighted by Gasteiger charge is 2.31. The lowest BCUT2D eigenvalue weighted by Crippen LogP contribution is -2.22. The van der Waals surface area contributed by atoms with Crippen LogP contribution in [0.25, 0.3) is 0 Å². The summed E-state index contributed by atoms with van der Waals surface area (Å²) in [4.78, 5) is 3.78. The Kier molecular flexibility index (Phi) is 5.31. The van der Waals surface area contributed by atoms with Gasteiger partial charge in [-0.2, -0.15) is 26.3 Å². The Balaban J connectivity index is 2.28. The summed E-state index contributed by atoms with van der Waals surface area (Å²) in [6.07, 6.45) is -9.10. The second kappa shape index (κ2) is 6.95. The van der Waals surface area contributed by atoms with Gasteiger partial charge in [0.2, 0.25) is 0 Å². The summed E-state index contributed by atoms with van der Waals surface area (Å²) in [7, 11) is 0. The molecule has 0 heterocycles. The Bertz CT molecular complexity index is 799. The third kappa shape index (κ3) is 5.12. The number of halogens is 7. The zero-order chi connectivity index (χ0) is 18.8. The predicted octanol–water partition coefficient (Wildman–Crippen LogP) is 5.55. The summed E-state index contributed by atoms with van der Waals surface area (Å²) in [5.74, 6) is -0.362. The number of aliphatic imine (C=N–C) groups is 1. The molecular weight excluding hydrogens is 416 g/mol. The van der Waals surface area contributed by atoms with E-state index in [0.717, 1.165) is 30.3 Å². The number of nitrogens with two attached hydrogens (primary N) is 1. The lowest BCUT2D eigenvalue weighted by molar-refractivity contribution is -0.138. The van der Waals surface area contributed by atoms with E-state index in [1.54, 1.807) is 0 Å². The first-order valence-electron chi connectivity index (χ1n) is 6.62. The molecule has 2 aromatic carbocycles. The van der Waals surface area contributed by atoms with Crippen molar-refractivity contribution in [3.63, 3.8) is 0 Å². The number of anilines is 1. The van der Waals surface area contributed by atoms with Gasteiger partial charge in [0.15, 0.2) is 5.96 Å². The molecule has 2 aromatic rings. The van der Waals surface area contributed by atoms with Gasteiger partial charge in [0, 0.05) is 10.2 Å². The van der Waals surface area contributed by atoms with Crippen molar-refractivity contribution < 1.29 is 26.3 Å². The number of benzene rings is 2. The molecule has 0 aliphatic heterocycles. The number of alkyl halides is 6. The van der Waals surface area contributed by atoms with Crippen LogP contribution in [-0.2, 0) is 12.4 Å². The first kappa shape index (κ1) is 19.1. The maximum atomic E-state index is 12.7. The molecule has 0 aliphatic rings. The van der Waals surface area contributed by atoms with Gasteiger partial charge in [-0.25, -0.2) is 4.99 Å². The number of nitrogens with one attached hydrogen (secondary N) is 1. The molecule has 3 N–H and O–H groups in total. The summed E-state index contributed by atoms with van der Waals surface area (Å²) in [6, 6.07) is 6.95. The van der Waals surface area contributed by atoms with Gasteiger partial charge in [0.05, 0.1) is 16.8 Å². The van der Waals surface area contributed by atoms with Gasteiger partial charge in [-0.15, -0.1) is 0 Å². The second-order valence-electron chi connectivity index (χ2n) is 4.86. The van der Waals surface area contributed by atoms with Crippen LogP contribution in [0.15, 0.2) is 51.9 Å². The van der Waals surface area contributed by atoms with Crippen molar-refractivity contribution in [1.82, 2.24) is 0 Å². The zero-order valence-electron chi connectivity index (χ0n) is 12.2. The lowest BCUT2D eigenvalue weighted by Gasteiger charge is -2.11. The van der Waals surface area contributed by atoms with Crippen LogP contribution >= 0.6 is 15.9 Å². The van der Waals surface area contributed by atoms with Gasteiger partial charge in [0.25, 0.3) is 0 Å². The van der Waals surface area contributed by atoms with E-state index in [4.69, 9.17) is 5.73 Å². The van der Waals surface area contributed by atoms with E-state index in [9.17, 15) is 26.3 Å². The molecular formula is C15H10BrF6N3. The Labute approximate surface area is 146 Å². The van der Waals surface area contributed by atoms with Crippen molar-refractivity contribution in [2.45, 2.75) is 12.4 Å². The molecule has 0 spiro atoms. The van der Waals surface area contributed by atoms with Crippen molar-refractivity contribution in [3.05, 3.63) is 58.1 Å². The molecule has 0 atom stereocenters.